The van der Waals surface area contributed by atoms with Gasteiger partial charge in [-0.2, -0.15) is 0 Å². The molecule has 0 unspecified atom stereocenters. The van der Waals surface area contributed by atoms with Gasteiger partial charge in [-0.3, -0.25) is 9.59 Å². The molecule has 1 N–H and O–H groups in total. The monoisotopic (exact) mass is 392 g/mol. The van der Waals surface area contributed by atoms with E-state index in [0.29, 0.717) is 28.8 Å². The number of anilines is 1. The number of amides is 2. The van der Waals surface area contributed by atoms with E-state index >= 15 is 0 Å². The van der Waals surface area contributed by atoms with Gasteiger partial charge in [-0.25, -0.2) is 4.39 Å². The first-order chi connectivity index (χ1) is 11.5. The van der Waals surface area contributed by atoms with Gasteiger partial charge in [0.2, 0.25) is 0 Å². The molecule has 0 aliphatic rings. The van der Waals surface area contributed by atoms with Gasteiger partial charge in [0.25, 0.3) is 11.8 Å². The number of benzene rings is 2. The van der Waals surface area contributed by atoms with E-state index in [9.17, 15) is 14.0 Å². The number of nitrogens with one attached hydrogen (secondary N) is 1. The Morgan fingerprint density at radius 2 is 1.71 bits per heavy atom. The summed E-state index contributed by atoms with van der Waals surface area (Å²) in [6.07, 6.45) is 0. The van der Waals surface area contributed by atoms with Crippen molar-refractivity contribution in [2.24, 2.45) is 0 Å². The number of nitrogens with zero attached hydrogens (tertiary/aromatic N) is 1. The van der Waals surface area contributed by atoms with Crippen molar-refractivity contribution in [3.63, 3.8) is 0 Å². The minimum absolute atomic E-state index is 0.0502. The molecule has 0 saturated heterocycles. The van der Waals surface area contributed by atoms with Gasteiger partial charge < -0.3 is 10.2 Å². The highest BCUT2D eigenvalue weighted by atomic mass is 79.9. The number of hydrogen-bond acceptors (Lipinski definition) is 2. The van der Waals surface area contributed by atoms with Crippen molar-refractivity contribution in [1.29, 1.82) is 0 Å². The standard InChI is InChI=1S/C18H18BrFN2O2/c1-3-22(4-2)18(24)12-5-8-14(9-6-12)21-17(23)15-11-13(20)7-10-16(15)19/h5-11H,3-4H2,1-2H3,(H,21,23). The van der Waals surface area contributed by atoms with Gasteiger partial charge >= 0.3 is 0 Å². The van der Waals surface area contributed by atoms with Crippen LogP contribution in [0.4, 0.5) is 10.1 Å². The van der Waals surface area contributed by atoms with Crippen LogP contribution in [-0.4, -0.2) is 29.8 Å². The van der Waals surface area contributed by atoms with Gasteiger partial charge in [0.05, 0.1) is 5.56 Å². The van der Waals surface area contributed by atoms with Crippen molar-refractivity contribution in [3.8, 4) is 0 Å². The first-order valence-electron chi connectivity index (χ1n) is 7.62. The fourth-order valence-electron chi connectivity index (χ4n) is 2.26. The molecule has 0 aromatic heterocycles. The van der Waals surface area contributed by atoms with Crippen molar-refractivity contribution in [1.82, 2.24) is 4.90 Å². The zero-order valence-corrected chi connectivity index (χ0v) is 15.1. The summed E-state index contributed by atoms with van der Waals surface area (Å²) in [6.45, 7) is 5.13. The number of carbonyl (C=O) groups excluding carboxylic acids is 2. The Bertz CT molecular complexity index is 743. The summed E-state index contributed by atoms with van der Waals surface area (Å²) in [7, 11) is 0. The largest absolute Gasteiger partial charge is 0.339 e. The second-order valence-electron chi connectivity index (χ2n) is 5.13. The van der Waals surface area contributed by atoms with Crippen LogP contribution in [0.2, 0.25) is 0 Å². The topological polar surface area (TPSA) is 49.4 Å². The molecule has 2 amide bonds. The SMILES string of the molecule is CCN(CC)C(=O)c1ccc(NC(=O)c2cc(F)ccc2Br)cc1. The van der Waals surface area contributed by atoms with Crippen LogP contribution in [0.15, 0.2) is 46.9 Å². The van der Waals surface area contributed by atoms with Crippen molar-refractivity contribution in [2.75, 3.05) is 18.4 Å². The first-order valence-corrected chi connectivity index (χ1v) is 8.41. The number of rotatable bonds is 5. The predicted octanol–water partition coefficient (Wildman–Crippen LogP) is 4.32. The summed E-state index contributed by atoms with van der Waals surface area (Å²) in [5.41, 5.74) is 1.30. The summed E-state index contributed by atoms with van der Waals surface area (Å²) < 4.78 is 13.8. The maximum atomic E-state index is 13.3. The highest BCUT2D eigenvalue weighted by Crippen LogP contribution is 2.20. The molecule has 0 spiro atoms. The zero-order chi connectivity index (χ0) is 17.7. The van der Waals surface area contributed by atoms with E-state index in [1.807, 2.05) is 13.8 Å². The zero-order valence-electron chi connectivity index (χ0n) is 13.5. The van der Waals surface area contributed by atoms with Crippen molar-refractivity contribution < 1.29 is 14.0 Å². The lowest BCUT2D eigenvalue weighted by molar-refractivity contribution is 0.0773. The molecule has 24 heavy (non-hydrogen) atoms. The average molecular weight is 393 g/mol. The second kappa shape index (κ2) is 8.06. The van der Waals surface area contributed by atoms with E-state index in [4.69, 9.17) is 0 Å². The Balaban J connectivity index is 2.13. The van der Waals surface area contributed by atoms with E-state index in [1.165, 1.54) is 12.1 Å². The molecule has 0 radical (unpaired) electrons. The minimum atomic E-state index is -0.483. The number of carbonyl (C=O) groups is 2. The minimum Gasteiger partial charge on any atom is -0.339 e. The lowest BCUT2D eigenvalue weighted by Gasteiger charge is -2.18. The summed E-state index contributed by atoms with van der Waals surface area (Å²) in [5, 5.41) is 2.69. The van der Waals surface area contributed by atoms with Crippen LogP contribution >= 0.6 is 15.9 Å². The van der Waals surface area contributed by atoms with Gasteiger partial charge in [-0.1, -0.05) is 0 Å². The Kier molecular flexibility index (Phi) is 6.09. The van der Waals surface area contributed by atoms with Crippen LogP contribution in [-0.2, 0) is 0 Å². The molecule has 126 valence electrons. The van der Waals surface area contributed by atoms with Crippen LogP contribution < -0.4 is 5.32 Å². The summed E-state index contributed by atoms with van der Waals surface area (Å²) in [6, 6.07) is 10.6. The maximum Gasteiger partial charge on any atom is 0.256 e. The fraction of sp³-hybridized carbons (Fsp3) is 0.222. The van der Waals surface area contributed by atoms with Gasteiger partial charge in [-0.15, -0.1) is 0 Å². The van der Waals surface area contributed by atoms with Crippen LogP contribution in [0.1, 0.15) is 34.6 Å². The predicted molar refractivity (Wildman–Crippen MR) is 95.7 cm³/mol. The summed E-state index contributed by atoms with van der Waals surface area (Å²) in [4.78, 5) is 26.2. The van der Waals surface area contributed by atoms with E-state index in [-0.39, 0.29) is 11.5 Å². The number of halogens is 2. The fourth-order valence-corrected chi connectivity index (χ4v) is 2.69. The Labute approximate surface area is 148 Å². The molecule has 0 saturated carbocycles. The highest BCUT2D eigenvalue weighted by Gasteiger charge is 2.14. The normalized spacial score (nSPS) is 10.3. The molecule has 2 aromatic carbocycles. The Hall–Kier alpha value is -2.21. The maximum absolute atomic E-state index is 13.3. The molecule has 0 bridgehead atoms. The molecule has 2 rings (SSSR count). The van der Waals surface area contributed by atoms with E-state index in [1.54, 1.807) is 29.2 Å². The lowest BCUT2D eigenvalue weighted by Crippen LogP contribution is -2.30. The summed E-state index contributed by atoms with van der Waals surface area (Å²) >= 11 is 3.23. The van der Waals surface area contributed by atoms with Crippen LogP contribution in [0.3, 0.4) is 0 Å². The molecular weight excluding hydrogens is 375 g/mol. The molecule has 0 aliphatic heterocycles. The van der Waals surface area contributed by atoms with E-state index in [0.717, 1.165) is 6.07 Å². The molecule has 6 heteroatoms. The third kappa shape index (κ3) is 4.20. The quantitative estimate of drug-likeness (QED) is 0.823. The third-order valence-corrected chi connectivity index (χ3v) is 4.30. The number of hydrogen-bond donors (Lipinski definition) is 1. The van der Waals surface area contributed by atoms with Crippen molar-refractivity contribution in [3.05, 3.63) is 63.9 Å². The van der Waals surface area contributed by atoms with Crippen LogP contribution in [0.25, 0.3) is 0 Å². The van der Waals surface area contributed by atoms with Crippen molar-refractivity contribution >= 4 is 33.4 Å². The smallest absolute Gasteiger partial charge is 0.256 e. The molecule has 0 aliphatic carbocycles. The molecule has 0 fully saturated rings. The van der Waals surface area contributed by atoms with Gasteiger partial charge in [0.1, 0.15) is 5.82 Å². The van der Waals surface area contributed by atoms with E-state index < -0.39 is 11.7 Å². The summed E-state index contributed by atoms with van der Waals surface area (Å²) in [5.74, 6) is -0.960. The third-order valence-electron chi connectivity index (χ3n) is 3.61. The molecular formula is C18H18BrFN2O2. The highest BCUT2D eigenvalue weighted by molar-refractivity contribution is 9.10. The average Bonchev–Trinajstić information content (AvgIpc) is 2.58. The van der Waals surface area contributed by atoms with E-state index in [2.05, 4.69) is 21.2 Å². The molecule has 2 aromatic rings. The Morgan fingerprint density at radius 3 is 2.29 bits per heavy atom. The van der Waals surface area contributed by atoms with Crippen LogP contribution in [0, 0.1) is 5.82 Å². The molecule has 0 atom stereocenters. The van der Waals surface area contributed by atoms with Crippen LogP contribution in [0.5, 0.6) is 0 Å². The molecule has 0 heterocycles. The first kappa shape index (κ1) is 18.1. The van der Waals surface area contributed by atoms with Crippen molar-refractivity contribution in [2.45, 2.75) is 13.8 Å². The lowest BCUT2D eigenvalue weighted by atomic mass is 10.1. The van der Waals surface area contributed by atoms with Gasteiger partial charge in [0.15, 0.2) is 0 Å². The second-order valence-corrected chi connectivity index (χ2v) is 5.99. The van der Waals surface area contributed by atoms with Gasteiger partial charge in [-0.05, 0) is 72.2 Å². The molecule has 4 nitrogen and oxygen atoms in total. The van der Waals surface area contributed by atoms with Gasteiger partial charge in [0, 0.05) is 28.8 Å². The Morgan fingerprint density at radius 1 is 1.08 bits per heavy atom.